The van der Waals surface area contributed by atoms with Gasteiger partial charge in [-0.05, 0) is 12.8 Å². The summed E-state index contributed by atoms with van der Waals surface area (Å²) in [6.07, 6.45) is 23.4. The summed E-state index contributed by atoms with van der Waals surface area (Å²) in [6.45, 7) is 1.89. The molecule has 0 rings (SSSR count). The molecular formula is C25H49NaO4. The summed E-state index contributed by atoms with van der Waals surface area (Å²) in [5.41, 5.74) is 0. The van der Waals surface area contributed by atoms with Crippen LogP contribution in [0.1, 0.15) is 135 Å². The molecule has 2 atom stereocenters. The van der Waals surface area contributed by atoms with E-state index in [0.717, 1.165) is 19.3 Å². The first-order chi connectivity index (χ1) is 14.1. The zero-order valence-corrected chi connectivity index (χ0v) is 22.2. The van der Waals surface area contributed by atoms with Crippen LogP contribution in [0, 0.1) is 5.92 Å². The average Bonchev–Trinajstić information content (AvgIpc) is 2.71. The Morgan fingerprint density at radius 1 is 0.700 bits per heavy atom. The molecular weight excluding hydrogens is 387 g/mol. The topological polar surface area (TPSA) is 80.6 Å². The fraction of sp³-hybridized carbons (Fsp3) is 0.960. The van der Waals surface area contributed by atoms with Gasteiger partial charge in [0.25, 0.3) is 0 Å². The molecule has 0 heterocycles. The molecule has 0 saturated carbocycles. The number of hydrogen-bond donors (Lipinski definition) is 2. The van der Waals surface area contributed by atoms with Crippen LogP contribution in [0.5, 0.6) is 0 Å². The van der Waals surface area contributed by atoms with E-state index in [4.69, 9.17) is 5.11 Å². The summed E-state index contributed by atoms with van der Waals surface area (Å²) in [5, 5.41) is 29.3. The van der Waals surface area contributed by atoms with Crippen molar-refractivity contribution in [2.24, 2.45) is 5.92 Å². The molecule has 0 amide bonds. The molecule has 4 nitrogen and oxygen atoms in total. The Hall–Kier alpha value is 0.390. The van der Waals surface area contributed by atoms with E-state index in [1.54, 1.807) is 0 Å². The zero-order chi connectivity index (χ0) is 21.6. The van der Waals surface area contributed by atoms with E-state index in [2.05, 4.69) is 6.92 Å². The molecule has 0 radical (unpaired) electrons. The van der Waals surface area contributed by atoms with Crippen LogP contribution < -0.4 is 34.7 Å². The zero-order valence-electron chi connectivity index (χ0n) is 20.2. The van der Waals surface area contributed by atoms with Crippen molar-refractivity contribution in [2.75, 3.05) is 6.61 Å². The maximum Gasteiger partial charge on any atom is 1.00 e. The molecule has 0 saturated heterocycles. The van der Waals surface area contributed by atoms with Crippen molar-refractivity contribution in [2.45, 2.75) is 141 Å². The van der Waals surface area contributed by atoms with Crippen molar-refractivity contribution in [1.82, 2.24) is 0 Å². The third kappa shape index (κ3) is 23.1. The normalized spacial score (nSPS) is 13.0. The molecule has 0 aliphatic rings. The largest absolute Gasteiger partial charge is 1.00 e. The maximum absolute atomic E-state index is 11.1. The number of aliphatic hydroxyl groups is 2. The van der Waals surface area contributed by atoms with Gasteiger partial charge in [-0.2, -0.15) is 0 Å². The Labute approximate surface area is 208 Å². The van der Waals surface area contributed by atoms with E-state index in [0.29, 0.717) is 6.42 Å². The Morgan fingerprint density at radius 2 is 1.03 bits per heavy atom. The Bertz CT molecular complexity index is 352. The molecule has 0 aliphatic carbocycles. The molecule has 0 aromatic carbocycles. The number of aliphatic hydroxyl groups excluding tert-OH is 2. The Balaban J connectivity index is 0. The number of carboxylic acid groups (broad SMARTS) is 1. The smallest absolute Gasteiger partial charge is 0.550 e. The molecule has 0 aromatic rings. The number of hydrogen-bond acceptors (Lipinski definition) is 4. The van der Waals surface area contributed by atoms with E-state index in [1.165, 1.54) is 96.3 Å². The van der Waals surface area contributed by atoms with Crippen LogP contribution in [0.2, 0.25) is 0 Å². The van der Waals surface area contributed by atoms with E-state index >= 15 is 0 Å². The van der Waals surface area contributed by atoms with Gasteiger partial charge >= 0.3 is 29.6 Å². The second kappa shape index (κ2) is 25.6. The standard InChI is InChI=1S/C25H50O4.Na/c1-2-3-4-5-6-7-8-9-10-11-12-13-14-15-16-17-18-19-20-23(25(28)29)21-24(27)22-26;/h23-24,26-27H,2-22H2,1H3,(H,28,29);/q;+1/p-1. The van der Waals surface area contributed by atoms with Crippen molar-refractivity contribution < 1.29 is 49.7 Å². The first-order valence-corrected chi connectivity index (χ1v) is 12.6. The number of carboxylic acids is 1. The summed E-state index contributed by atoms with van der Waals surface area (Å²) in [6, 6.07) is 0. The Morgan fingerprint density at radius 3 is 1.33 bits per heavy atom. The van der Waals surface area contributed by atoms with Gasteiger partial charge in [-0.3, -0.25) is 0 Å². The Kier molecular flexibility index (Phi) is 27.8. The third-order valence-electron chi connectivity index (χ3n) is 6.01. The summed E-state index contributed by atoms with van der Waals surface area (Å²) >= 11 is 0. The molecule has 0 spiro atoms. The molecule has 0 aromatic heterocycles. The molecule has 0 fully saturated rings. The van der Waals surface area contributed by atoms with Crippen LogP contribution >= 0.6 is 0 Å². The monoisotopic (exact) mass is 436 g/mol. The van der Waals surface area contributed by atoms with Crippen molar-refractivity contribution in [3.63, 3.8) is 0 Å². The van der Waals surface area contributed by atoms with Crippen LogP contribution in [0.3, 0.4) is 0 Å². The first-order valence-electron chi connectivity index (χ1n) is 12.6. The minimum Gasteiger partial charge on any atom is -0.550 e. The predicted octanol–water partition coefficient (Wildman–Crippen LogP) is 2.53. The van der Waals surface area contributed by atoms with Gasteiger partial charge < -0.3 is 20.1 Å². The number of unbranched alkanes of at least 4 members (excludes halogenated alkanes) is 17. The fourth-order valence-electron chi connectivity index (χ4n) is 4.03. The first kappa shape index (κ1) is 32.6. The molecule has 0 aliphatic heterocycles. The molecule has 0 bridgehead atoms. The van der Waals surface area contributed by atoms with Crippen molar-refractivity contribution in [3.8, 4) is 0 Å². The van der Waals surface area contributed by atoms with Crippen LogP contribution in [0.25, 0.3) is 0 Å². The van der Waals surface area contributed by atoms with Crippen LogP contribution in [-0.2, 0) is 4.79 Å². The predicted molar refractivity (Wildman–Crippen MR) is 120 cm³/mol. The minimum atomic E-state index is -1.11. The van der Waals surface area contributed by atoms with E-state index < -0.39 is 18.0 Å². The number of aliphatic carboxylic acids is 1. The van der Waals surface area contributed by atoms with Gasteiger partial charge in [0.15, 0.2) is 0 Å². The van der Waals surface area contributed by atoms with Gasteiger partial charge in [0, 0.05) is 11.9 Å². The number of rotatable bonds is 23. The van der Waals surface area contributed by atoms with E-state index in [9.17, 15) is 15.0 Å². The molecule has 2 unspecified atom stereocenters. The van der Waals surface area contributed by atoms with E-state index in [1.807, 2.05) is 0 Å². The van der Waals surface area contributed by atoms with Crippen LogP contribution in [0.4, 0.5) is 0 Å². The van der Waals surface area contributed by atoms with E-state index in [-0.39, 0.29) is 42.6 Å². The minimum absolute atomic E-state index is 0. The fourth-order valence-corrected chi connectivity index (χ4v) is 4.03. The summed E-state index contributed by atoms with van der Waals surface area (Å²) in [5.74, 6) is -1.75. The second-order valence-corrected chi connectivity index (χ2v) is 8.89. The summed E-state index contributed by atoms with van der Waals surface area (Å²) in [7, 11) is 0. The quantitative estimate of drug-likeness (QED) is 0.191. The molecule has 2 N–H and O–H groups in total. The summed E-state index contributed by atoms with van der Waals surface area (Å²) in [4.78, 5) is 11.1. The van der Waals surface area contributed by atoms with Crippen LogP contribution in [-0.4, -0.2) is 28.9 Å². The van der Waals surface area contributed by atoms with Crippen molar-refractivity contribution in [1.29, 1.82) is 0 Å². The van der Waals surface area contributed by atoms with Gasteiger partial charge in [0.2, 0.25) is 0 Å². The van der Waals surface area contributed by atoms with Gasteiger partial charge in [0.1, 0.15) is 0 Å². The van der Waals surface area contributed by atoms with Crippen molar-refractivity contribution in [3.05, 3.63) is 0 Å². The molecule has 174 valence electrons. The maximum atomic E-state index is 11.1. The number of carbonyl (C=O) groups excluding carboxylic acids is 1. The summed E-state index contributed by atoms with van der Waals surface area (Å²) < 4.78 is 0. The third-order valence-corrected chi connectivity index (χ3v) is 6.01. The van der Waals surface area contributed by atoms with Crippen LogP contribution in [0.15, 0.2) is 0 Å². The van der Waals surface area contributed by atoms with Crippen molar-refractivity contribution >= 4 is 5.97 Å². The van der Waals surface area contributed by atoms with Gasteiger partial charge in [-0.1, -0.05) is 122 Å². The number of carbonyl (C=O) groups is 1. The molecule has 5 heteroatoms. The second-order valence-electron chi connectivity index (χ2n) is 8.89. The van der Waals surface area contributed by atoms with Gasteiger partial charge in [-0.25, -0.2) is 0 Å². The average molecular weight is 437 g/mol. The van der Waals surface area contributed by atoms with Gasteiger partial charge in [-0.15, -0.1) is 0 Å². The SMILES string of the molecule is CCCCCCCCCCCCCCCCCCCCC(CC(O)CO)C(=O)[O-].[Na+]. The van der Waals surface area contributed by atoms with Gasteiger partial charge in [0.05, 0.1) is 12.7 Å². The molecule has 30 heavy (non-hydrogen) atoms.